The molecule has 1 aliphatic heterocycles. The maximum Gasteiger partial charge on any atom is 0.254 e. The quantitative estimate of drug-likeness (QED) is 0.757. The number of hydrogen-bond acceptors (Lipinski definition) is 3. The van der Waals surface area contributed by atoms with Crippen molar-refractivity contribution in [1.29, 1.82) is 0 Å². The summed E-state index contributed by atoms with van der Waals surface area (Å²) in [7, 11) is 0. The van der Waals surface area contributed by atoms with Crippen LogP contribution in [0.25, 0.3) is 0 Å². The van der Waals surface area contributed by atoms with Gasteiger partial charge in [-0.15, -0.1) is 0 Å². The molecule has 0 bridgehead atoms. The molecule has 1 saturated heterocycles. The largest absolute Gasteiger partial charge is 0.337 e. The van der Waals surface area contributed by atoms with Gasteiger partial charge in [0.25, 0.3) is 5.91 Å². The second-order valence-electron chi connectivity index (χ2n) is 5.99. The lowest BCUT2D eigenvalue weighted by Crippen LogP contribution is -2.35. The number of benzene rings is 1. The Labute approximate surface area is 156 Å². The Bertz CT molecular complexity index is 757. The Morgan fingerprint density at radius 2 is 1.80 bits per heavy atom. The highest BCUT2D eigenvalue weighted by Gasteiger charge is 2.21. The first-order valence-electron chi connectivity index (χ1n) is 8.10. The van der Waals surface area contributed by atoms with Crippen LogP contribution in [0.2, 0.25) is 10.0 Å². The van der Waals surface area contributed by atoms with Gasteiger partial charge in [0.1, 0.15) is 5.82 Å². The molecular formula is C18H18Cl2FN3O. The molecule has 1 amide bonds. The van der Waals surface area contributed by atoms with E-state index in [4.69, 9.17) is 23.2 Å². The van der Waals surface area contributed by atoms with Crippen LogP contribution < -0.4 is 0 Å². The first-order valence-corrected chi connectivity index (χ1v) is 8.86. The zero-order chi connectivity index (χ0) is 17.8. The number of hydrogen-bond donors (Lipinski definition) is 0. The van der Waals surface area contributed by atoms with E-state index in [1.54, 1.807) is 30.6 Å². The molecule has 2 aromatic rings. The van der Waals surface area contributed by atoms with Gasteiger partial charge in [0, 0.05) is 50.7 Å². The summed E-state index contributed by atoms with van der Waals surface area (Å²) < 4.78 is 13.4. The van der Waals surface area contributed by atoms with Gasteiger partial charge in [0.15, 0.2) is 0 Å². The summed E-state index contributed by atoms with van der Waals surface area (Å²) in [4.78, 5) is 20.6. The molecule has 1 fully saturated rings. The van der Waals surface area contributed by atoms with Crippen molar-refractivity contribution in [3.05, 3.63) is 63.6 Å². The van der Waals surface area contributed by atoms with Crippen LogP contribution in [0.4, 0.5) is 4.39 Å². The predicted molar refractivity (Wildman–Crippen MR) is 96.5 cm³/mol. The lowest BCUT2D eigenvalue weighted by atomic mass is 10.2. The Morgan fingerprint density at radius 3 is 2.56 bits per heavy atom. The minimum atomic E-state index is -0.514. The number of pyridine rings is 1. The van der Waals surface area contributed by atoms with Gasteiger partial charge in [-0.2, -0.15) is 0 Å². The second kappa shape index (κ2) is 8.13. The predicted octanol–water partition coefficient (Wildman–Crippen LogP) is 3.88. The molecule has 1 aromatic heterocycles. The molecule has 2 heterocycles. The zero-order valence-electron chi connectivity index (χ0n) is 13.6. The Morgan fingerprint density at radius 1 is 1.04 bits per heavy atom. The molecule has 7 heteroatoms. The SMILES string of the molecule is O=C(c1ccncc1)N1CCCN(Cc2ccc(F)c(Cl)c2Cl)CC1. The minimum Gasteiger partial charge on any atom is -0.337 e. The van der Waals surface area contributed by atoms with Crippen molar-refractivity contribution in [1.82, 2.24) is 14.8 Å². The van der Waals surface area contributed by atoms with Gasteiger partial charge in [-0.05, 0) is 30.2 Å². The maximum absolute atomic E-state index is 13.4. The summed E-state index contributed by atoms with van der Waals surface area (Å²) in [6.45, 7) is 3.48. The van der Waals surface area contributed by atoms with Gasteiger partial charge in [0.05, 0.1) is 10.0 Å². The molecule has 0 radical (unpaired) electrons. The summed E-state index contributed by atoms with van der Waals surface area (Å²) in [5, 5.41) is 0.221. The van der Waals surface area contributed by atoms with E-state index in [-0.39, 0.29) is 16.0 Å². The highest BCUT2D eigenvalue weighted by atomic mass is 35.5. The maximum atomic E-state index is 13.4. The summed E-state index contributed by atoms with van der Waals surface area (Å²) in [6, 6.07) is 6.45. The first kappa shape index (κ1) is 18.1. The van der Waals surface area contributed by atoms with Crippen molar-refractivity contribution >= 4 is 29.1 Å². The van der Waals surface area contributed by atoms with E-state index < -0.39 is 5.82 Å². The summed E-state index contributed by atoms with van der Waals surface area (Å²) in [5.74, 6) is -0.493. The Kier molecular flexibility index (Phi) is 5.89. The lowest BCUT2D eigenvalue weighted by molar-refractivity contribution is 0.0761. The number of halogens is 3. The van der Waals surface area contributed by atoms with Crippen LogP contribution in [0.15, 0.2) is 36.7 Å². The van der Waals surface area contributed by atoms with Gasteiger partial charge < -0.3 is 4.90 Å². The number of carbonyl (C=O) groups excluding carboxylic acids is 1. The third-order valence-corrected chi connectivity index (χ3v) is 5.21. The molecule has 0 unspecified atom stereocenters. The van der Waals surface area contributed by atoms with Crippen molar-refractivity contribution in [3.63, 3.8) is 0 Å². The molecule has 0 atom stereocenters. The Hall–Kier alpha value is -1.69. The average Bonchev–Trinajstić information content (AvgIpc) is 2.88. The lowest BCUT2D eigenvalue weighted by Gasteiger charge is -2.22. The topological polar surface area (TPSA) is 36.4 Å². The fourth-order valence-electron chi connectivity index (χ4n) is 2.94. The summed E-state index contributed by atoms with van der Waals surface area (Å²) >= 11 is 12.0. The zero-order valence-corrected chi connectivity index (χ0v) is 15.1. The molecule has 1 aliphatic rings. The molecule has 132 valence electrons. The van der Waals surface area contributed by atoms with Crippen LogP contribution in [-0.2, 0) is 6.54 Å². The van der Waals surface area contributed by atoms with Gasteiger partial charge in [-0.25, -0.2) is 4.39 Å². The molecule has 3 rings (SSSR count). The number of nitrogens with zero attached hydrogens (tertiary/aromatic N) is 3. The summed E-state index contributed by atoms with van der Waals surface area (Å²) in [5.41, 5.74) is 1.44. The average molecular weight is 382 g/mol. The van der Waals surface area contributed by atoms with Gasteiger partial charge in [-0.1, -0.05) is 29.3 Å². The third kappa shape index (κ3) is 4.29. The van der Waals surface area contributed by atoms with Crippen LogP contribution in [0, 0.1) is 5.82 Å². The van der Waals surface area contributed by atoms with E-state index in [1.165, 1.54) is 6.07 Å². The van der Waals surface area contributed by atoms with Crippen molar-refractivity contribution in [3.8, 4) is 0 Å². The van der Waals surface area contributed by atoms with Crippen LogP contribution in [0.1, 0.15) is 22.3 Å². The van der Waals surface area contributed by atoms with E-state index in [0.29, 0.717) is 25.2 Å². The second-order valence-corrected chi connectivity index (χ2v) is 6.75. The number of aromatic nitrogens is 1. The molecule has 1 aromatic carbocycles. The fraction of sp³-hybridized carbons (Fsp3) is 0.333. The highest BCUT2D eigenvalue weighted by molar-refractivity contribution is 6.42. The van der Waals surface area contributed by atoms with E-state index in [1.807, 2.05) is 4.90 Å². The van der Waals surface area contributed by atoms with Crippen molar-refractivity contribution in [2.24, 2.45) is 0 Å². The number of rotatable bonds is 3. The van der Waals surface area contributed by atoms with Crippen LogP contribution in [0.5, 0.6) is 0 Å². The molecule has 0 saturated carbocycles. The molecular weight excluding hydrogens is 364 g/mol. The van der Waals surface area contributed by atoms with Crippen LogP contribution in [0.3, 0.4) is 0 Å². The van der Waals surface area contributed by atoms with Crippen molar-refractivity contribution in [2.75, 3.05) is 26.2 Å². The van der Waals surface area contributed by atoms with Crippen LogP contribution in [-0.4, -0.2) is 46.9 Å². The van der Waals surface area contributed by atoms with E-state index in [2.05, 4.69) is 9.88 Å². The van der Waals surface area contributed by atoms with Gasteiger partial charge in [0.2, 0.25) is 0 Å². The number of amides is 1. The minimum absolute atomic E-state index is 0.0205. The monoisotopic (exact) mass is 381 g/mol. The normalized spacial score (nSPS) is 15.9. The summed E-state index contributed by atoms with van der Waals surface area (Å²) in [6.07, 6.45) is 4.11. The molecule has 25 heavy (non-hydrogen) atoms. The molecule has 4 nitrogen and oxygen atoms in total. The van der Waals surface area contributed by atoms with E-state index >= 15 is 0 Å². The Balaban J connectivity index is 1.64. The van der Waals surface area contributed by atoms with E-state index in [0.717, 1.165) is 25.1 Å². The molecule has 0 spiro atoms. The van der Waals surface area contributed by atoms with E-state index in [9.17, 15) is 9.18 Å². The smallest absolute Gasteiger partial charge is 0.254 e. The van der Waals surface area contributed by atoms with Gasteiger partial charge in [-0.3, -0.25) is 14.7 Å². The van der Waals surface area contributed by atoms with Crippen LogP contribution >= 0.6 is 23.2 Å². The standard InChI is InChI=1S/C18H18Cl2FN3O/c19-16-14(2-3-15(21)17(16)20)12-23-8-1-9-24(11-10-23)18(25)13-4-6-22-7-5-13/h2-7H,1,8-12H2. The van der Waals surface area contributed by atoms with Crippen molar-refractivity contribution < 1.29 is 9.18 Å². The van der Waals surface area contributed by atoms with Gasteiger partial charge >= 0.3 is 0 Å². The van der Waals surface area contributed by atoms with Crippen molar-refractivity contribution in [2.45, 2.75) is 13.0 Å². The third-order valence-electron chi connectivity index (χ3n) is 4.31. The first-order chi connectivity index (χ1) is 12.1. The highest BCUT2D eigenvalue weighted by Crippen LogP contribution is 2.29. The number of carbonyl (C=O) groups is 1. The molecule has 0 aliphatic carbocycles. The fourth-order valence-corrected chi connectivity index (χ4v) is 3.34. The molecule has 0 N–H and O–H groups in total.